The molecule has 2 fully saturated rings. The first-order chi connectivity index (χ1) is 8.13. The van der Waals surface area contributed by atoms with E-state index in [2.05, 4.69) is 18.7 Å². The van der Waals surface area contributed by atoms with E-state index >= 15 is 0 Å². The van der Waals surface area contributed by atoms with Crippen LogP contribution in [0, 0.1) is 11.3 Å². The lowest BCUT2D eigenvalue weighted by Gasteiger charge is -2.47. The summed E-state index contributed by atoms with van der Waals surface area (Å²) in [6.07, 6.45) is 9.80. The maximum Gasteiger partial charge on any atom is 0.00953 e. The molecular weight excluding hydrogens is 208 g/mol. The molecule has 2 aliphatic rings. The molecule has 1 saturated heterocycles. The number of rotatable bonds is 3. The van der Waals surface area contributed by atoms with Crippen molar-refractivity contribution in [3.63, 3.8) is 0 Å². The fourth-order valence-electron chi connectivity index (χ4n) is 3.72. The Bertz CT molecular complexity index is 231. The highest BCUT2D eigenvalue weighted by Gasteiger charge is 2.37. The number of hydrogen-bond donors (Lipinski definition) is 1. The summed E-state index contributed by atoms with van der Waals surface area (Å²) in [4.78, 5) is 2.78. The van der Waals surface area contributed by atoms with Crippen molar-refractivity contribution in [2.75, 3.05) is 19.6 Å². The summed E-state index contributed by atoms with van der Waals surface area (Å²) in [7, 11) is 0. The van der Waals surface area contributed by atoms with Crippen LogP contribution in [0.15, 0.2) is 0 Å². The Balaban J connectivity index is 1.93. The predicted molar refractivity (Wildman–Crippen MR) is 74.0 cm³/mol. The third kappa shape index (κ3) is 3.23. The number of nitrogens with two attached hydrogens (primary N) is 1. The molecule has 0 radical (unpaired) electrons. The largest absolute Gasteiger partial charge is 0.330 e. The molecule has 100 valence electrons. The molecule has 1 atom stereocenters. The van der Waals surface area contributed by atoms with E-state index in [-0.39, 0.29) is 0 Å². The first kappa shape index (κ1) is 13.4. The van der Waals surface area contributed by atoms with Crippen molar-refractivity contribution >= 4 is 0 Å². The van der Waals surface area contributed by atoms with E-state index in [4.69, 9.17) is 5.73 Å². The molecule has 1 unspecified atom stereocenters. The summed E-state index contributed by atoms with van der Waals surface area (Å²) in [6, 6.07) is 0.889. The molecule has 2 N–H and O–H groups in total. The Labute approximate surface area is 107 Å². The smallest absolute Gasteiger partial charge is 0.00953 e. The fourth-order valence-corrected chi connectivity index (χ4v) is 3.72. The van der Waals surface area contributed by atoms with Gasteiger partial charge in [-0.25, -0.2) is 0 Å². The van der Waals surface area contributed by atoms with Crippen molar-refractivity contribution in [1.29, 1.82) is 0 Å². The third-order valence-corrected chi connectivity index (χ3v) is 5.21. The van der Waals surface area contributed by atoms with Gasteiger partial charge in [-0.15, -0.1) is 0 Å². The van der Waals surface area contributed by atoms with Gasteiger partial charge in [0.05, 0.1) is 0 Å². The van der Waals surface area contributed by atoms with Crippen molar-refractivity contribution in [3.05, 3.63) is 0 Å². The van der Waals surface area contributed by atoms with Crippen molar-refractivity contribution < 1.29 is 0 Å². The highest BCUT2D eigenvalue weighted by atomic mass is 15.2. The SMILES string of the molecule is CC1(C)CCN(C2CCCCC2)CC1CCN. The first-order valence-corrected chi connectivity index (χ1v) is 7.57. The van der Waals surface area contributed by atoms with Crippen molar-refractivity contribution in [2.45, 2.75) is 64.8 Å². The minimum atomic E-state index is 0.505. The van der Waals surface area contributed by atoms with Crippen LogP contribution < -0.4 is 5.73 Å². The Morgan fingerprint density at radius 1 is 1.18 bits per heavy atom. The van der Waals surface area contributed by atoms with E-state index < -0.39 is 0 Å². The second kappa shape index (κ2) is 5.71. The monoisotopic (exact) mass is 238 g/mol. The normalized spacial score (nSPS) is 31.6. The minimum Gasteiger partial charge on any atom is -0.330 e. The number of hydrogen-bond acceptors (Lipinski definition) is 2. The molecule has 0 amide bonds. The topological polar surface area (TPSA) is 29.3 Å². The van der Waals surface area contributed by atoms with E-state index in [1.54, 1.807) is 0 Å². The highest BCUT2D eigenvalue weighted by molar-refractivity contribution is 4.90. The molecule has 1 aliphatic carbocycles. The standard InChI is InChI=1S/C15H30N2/c1-15(2)9-11-17(12-13(15)8-10-16)14-6-4-3-5-7-14/h13-14H,3-12,16H2,1-2H3. The third-order valence-electron chi connectivity index (χ3n) is 5.21. The molecule has 0 aromatic carbocycles. The molecule has 1 heterocycles. The Hall–Kier alpha value is -0.0800. The van der Waals surface area contributed by atoms with Crippen molar-refractivity contribution in [3.8, 4) is 0 Å². The van der Waals surface area contributed by atoms with Crippen LogP contribution in [0.3, 0.4) is 0 Å². The molecule has 2 rings (SSSR count). The van der Waals surface area contributed by atoms with Gasteiger partial charge in [0.15, 0.2) is 0 Å². The quantitative estimate of drug-likeness (QED) is 0.819. The maximum atomic E-state index is 5.79. The summed E-state index contributed by atoms with van der Waals surface area (Å²) in [5, 5.41) is 0. The van der Waals surface area contributed by atoms with E-state index in [0.29, 0.717) is 5.41 Å². The minimum absolute atomic E-state index is 0.505. The predicted octanol–water partition coefficient (Wildman–Crippen LogP) is 3.02. The molecule has 2 heteroatoms. The highest BCUT2D eigenvalue weighted by Crippen LogP contribution is 2.39. The molecule has 2 nitrogen and oxygen atoms in total. The van der Waals surface area contributed by atoms with Gasteiger partial charge < -0.3 is 10.6 Å². The summed E-state index contributed by atoms with van der Waals surface area (Å²) in [5.74, 6) is 0.808. The van der Waals surface area contributed by atoms with Crippen LogP contribution in [0.5, 0.6) is 0 Å². The molecule has 1 aliphatic heterocycles. The molecule has 0 spiro atoms. The van der Waals surface area contributed by atoms with E-state index in [1.165, 1.54) is 58.0 Å². The Morgan fingerprint density at radius 2 is 1.88 bits per heavy atom. The van der Waals surface area contributed by atoms with Gasteiger partial charge in [0.1, 0.15) is 0 Å². The second-order valence-electron chi connectivity index (χ2n) is 6.80. The van der Waals surface area contributed by atoms with Gasteiger partial charge in [-0.3, -0.25) is 0 Å². The molecule has 1 saturated carbocycles. The van der Waals surface area contributed by atoms with Crippen LogP contribution in [0.25, 0.3) is 0 Å². The van der Waals surface area contributed by atoms with Gasteiger partial charge in [0.2, 0.25) is 0 Å². The number of piperidine rings is 1. The Morgan fingerprint density at radius 3 is 2.53 bits per heavy atom. The van der Waals surface area contributed by atoms with Crippen LogP contribution >= 0.6 is 0 Å². The van der Waals surface area contributed by atoms with Gasteiger partial charge in [0.25, 0.3) is 0 Å². The van der Waals surface area contributed by atoms with Gasteiger partial charge in [-0.2, -0.15) is 0 Å². The Kier molecular flexibility index (Phi) is 4.48. The van der Waals surface area contributed by atoms with Crippen LogP contribution in [0.2, 0.25) is 0 Å². The van der Waals surface area contributed by atoms with Crippen LogP contribution in [-0.2, 0) is 0 Å². The zero-order chi connectivity index (χ0) is 12.3. The lowest BCUT2D eigenvalue weighted by molar-refractivity contribution is 0.0204. The van der Waals surface area contributed by atoms with Crippen molar-refractivity contribution in [1.82, 2.24) is 4.90 Å². The molecule has 0 bridgehead atoms. The summed E-state index contributed by atoms with van der Waals surface area (Å²) >= 11 is 0. The van der Waals surface area contributed by atoms with Gasteiger partial charge >= 0.3 is 0 Å². The lowest BCUT2D eigenvalue weighted by Crippen LogP contribution is -2.49. The first-order valence-electron chi connectivity index (χ1n) is 7.57. The fraction of sp³-hybridized carbons (Fsp3) is 1.00. The van der Waals surface area contributed by atoms with Crippen LogP contribution in [0.1, 0.15) is 58.8 Å². The summed E-state index contributed by atoms with van der Waals surface area (Å²) < 4.78 is 0. The number of likely N-dealkylation sites (tertiary alicyclic amines) is 1. The number of nitrogens with zero attached hydrogens (tertiary/aromatic N) is 1. The van der Waals surface area contributed by atoms with E-state index in [9.17, 15) is 0 Å². The van der Waals surface area contributed by atoms with Crippen molar-refractivity contribution in [2.24, 2.45) is 17.1 Å². The average molecular weight is 238 g/mol. The van der Waals surface area contributed by atoms with E-state index in [1.807, 2.05) is 0 Å². The molecule has 0 aromatic rings. The second-order valence-corrected chi connectivity index (χ2v) is 6.80. The zero-order valence-electron chi connectivity index (χ0n) is 11.8. The van der Waals surface area contributed by atoms with E-state index in [0.717, 1.165) is 18.5 Å². The van der Waals surface area contributed by atoms with Gasteiger partial charge in [0, 0.05) is 12.6 Å². The molecule has 17 heavy (non-hydrogen) atoms. The summed E-state index contributed by atoms with van der Waals surface area (Å²) in [5.41, 5.74) is 6.29. The summed E-state index contributed by atoms with van der Waals surface area (Å²) in [6.45, 7) is 8.34. The van der Waals surface area contributed by atoms with Gasteiger partial charge in [-0.1, -0.05) is 33.1 Å². The molecule has 0 aromatic heterocycles. The molecular formula is C15H30N2. The maximum absolute atomic E-state index is 5.79. The average Bonchev–Trinajstić information content (AvgIpc) is 2.33. The van der Waals surface area contributed by atoms with Crippen LogP contribution in [0.4, 0.5) is 0 Å². The van der Waals surface area contributed by atoms with Gasteiger partial charge in [-0.05, 0) is 50.1 Å². The van der Waals surface area contributed by atoms with Crippen LogP contribution in [-0.4, -0.2) is 30.6 Å². The zero-order valence-corrected chi connectivity index (χ0v) is 11.8. The lowest BCUT2D eigenvalue weighted by atomic mass is 9.71.